The van der Waals surface area contributed by atoms with Gasteiger partial charge in [0.05, 0.1) is 6.04 Å². The lowest BCUT2D eigenvalue weighted by atomic mass is 10.1. The Morgan fingerprint density at radius 3 is 2.58 bits per heavy atom. The molecule has 1 saturated heterocycles. The summed E-state index contributed by atoms with van der Waals surface area (Å²) >= 11 is 0. The fraction of sp³-hybridized carbons (Fsp3) is 0.296. The molecule has 1 aliphatic heterocycles. The van der Waals surface area contributed by atoms with Crippen molar-refractivity contribution in [2.45, 2.75) is 18.9 Å². The van der Waals surface area contributed by atoms with E-state index in [0.717, 1.165) is 25.0 Å². The van der Waals surface area contributed by atoms with Crippen molar-refractivity contribution < 1.29 is 23.1 Å². The van der Waals surface area contributed by atoms with Crippen molar-refractivity contribution in [2.75, 3.05) is 39.5 Å². The van der Waals surface area contributed by atoms with Gasteiger partial charge in [0.2, 0.25) is 5.91 Å². The number of rotatable bonds is 8. The third-order valence-electron chi connectivity index (χ3n) is 6.23. The van der Waals surface area contributed by atoms with Crippen LogP contribution in [0, 0.1) is 11.6 Å². The predicted molar refractivity (Wildman–Crippen MR) is 140 cm³/mol. The topological polar surface area (TPSA) is 120 Å². The van der Waals surface area contributed by atoms with Crippen LogP contribution in [-0.4, -0.2) is 65.1 Å². The molecule has 1 aromatic heterocycles. The second-order valence-electron chi connectivity index (χ2n) is 9.36. The maximum atomic E-state index is 13.9. The summed E-state index contributed by atoms with van der Waals surface area (Å²) in [5.74, 6) is -2.05. The molecule has 2 aromatic carbocycles. The highest BCUT2D eigenvalue weighted by Gasteiger charge is 2.29. The average molecular weight is 525 g/mol. The Balaban J connectivity index is 1.56. The molecule has 200 valence electrons. The van der Waals surface area contributed by atoms with E-state index in [1.165, 1.54) is 6.07 Å². The number of carbonyl (C=O) groups is 2. The van der Waals surface area contributed by atoms with Gasteiger partial charge >= 0.3 is 0 Å². The van der Waals surface area contributed by atoms with Gasteiger partial charge in [-0.1, -0.05) is 6.08 Å². The number of piperidine rings is 1. The number of aromatic nitrogens is 2. The molecule has 0 radical (unpaired) electrons. The van der Waals surface area contributed by atoms with Crippen LogP contribution in [0.25, 0.3) is 11.3 Å². The Morgan fingerprint density at radius 2 is 1.92 bits per heavy atom. The molecule has 1 fully saturated rings. The van der Waals surface area contributed by atoms with Gasteiger partial charge in [0.1, 0.15) is 28.6 Å². The molecular weight excluding hydrogens is 494 g/mol. The lowest BCUT2D eigenvalue weighted by molar-refractivity contribution is -0.127. The van der Waals surface area contributed by atoms with E-state index in [-0.39, 0.29) is 29.1 Å². The number of nitrogen functional groups attached to an aromatic ring is 1. The Bertz CT molecular complexity index is 1350. The Hall–Kier alpha value is -4.25. The number of anilines is 1. The number of nitrogens with zero attached hydrogens (tertiary/aromatic N) is 4. The van der Waals surface area contributed by atoms with E-state index >= 15 is 0 Å². The van der Waals surface area contributed by atoms with Crippen LogP contribution >= 0.6 is 0 Å². The minimum atomic E-state index is -0.829. The number of carbonyl (C=O) groups excluding carboxylic acids is 2. The van der Waals surface area contributed by atoms with Crippen molar-refractivity contribution in [3.63, 3.8) is 0 Å². The number of nitrogens with two attached hydrogens (primary N) is 2. The summed E-state index contributed by atoms with van der Waals surface area (Å²) in [4.78, 5) is 28.7. The first-order valence-corrected chi connectivity index (χ1v) is 12.2. The number of halogens is 2. The summed E-state index contributed by atoms with van der Waals surface area (Å²) in [6, 6.07) is 9.22. The second-order valence-corrected chi connectivity index (χ2v) is 9.36. The molecule has 4 rings (SSSR count). The van der Waals surface area contributed by atoms with Gasteiger partial charge in [0.25, 0.3) is 5.91 Å². The smallest absolute Gasteiger partial charge is 0.254 e. The number of ether oxygens (including phenoxy) is 1. The Kier molecular flexibility index (Phi) is 8.06. The normalized spacial score (nSPS) is 15.8. The lowest BCUT2D eigenvalue weighted by Crippen LogP contribution is -2.40. The van der Waals surface area contributed by atoms with Crippen LogP contribution in [0.3, 0.4) is 0 Å². The van der Waals surface area contributed by atoms with E-state index in [2.05, 4.69) is 5.10 Å². The van der Waals surface area contributed by atoms with Gasteiger partial charge in [-0.2, -0.15) is 5.10 Å². The van der Waals surface area contributed by atoms with Crippen molar-refractivity contribution in [2.24, 2.45) is 5.73 Å². The largest absolute Gasteiger partial charge is 0.454 e. The molecule has 1 atom stereocenters. The highest BCUT2D eigenvalue weighted by molar-refractivity contribution is 6.03. The second kappa shape index (κ2) is 11.4. The number of likely N-dealkylation sites (N-methyl/N-ethyl adjacent to an activating group) is 1. The zero-order valence-corrected chi connectivity index (χ0v) is 21.2. The van der Waals surface area contributed by atoms with E-state index in [1.807, 2.05) is 25.1 Å². The quantitative estimate of drug-likeness (QED) is 0.435. The zero-order chi connectivity index (χ0) is 27.4. The fourth-order valence-corrected chi connectivity index (χ4v) is 4.36. The van der Waals surface area contributed by atoms with Crippen LogP contribution in [0.15, 0.2) is 54.6 Å². The van der Waals surface area contributed by atoms with E-state index < -0.39 is 17.5 Å². The van der Waals surface area contributed by atoms with Crippen molar-refractivity contribution in [1.82, 2.24) is 19.6 Å². The third-order valence-corrected chi connectivity index (χ3v) is 6.23. The molecular formula is C27H30F2N6O3. The van der Waals surface area contributed by atoms with Crippen LogP contribution in [0.2, 0.25) is 0 Å². The van der Waals surface area contributed by atoms with E-state index in [9.17, 15) is 18.4 Å². The maximum Gasteiger partial charge on any atom is 0.254 e. The minimum Gasteiger partial charge on any atom is -0.454 e. The monoisotopic (exact) mass is 524 g/mol. The van der Waals surface area contributed by atoms with Crippen LogP contribution in [0.4, 0.5) is 14.6 Å². The third kappa shape index (κ3) is 6.00. The molecule has 2 amide bonds. The molecule has 38 heavy (non-hydrogen) atoms. The average Bonchev–Trinajstić information content (AvgIpc) is 3.23. The Labute approximate surface area is 219 Å². The first kappa shape index (κ1) is 26.8. The van der Waals surface area contributed by atoms with Gasteiger partial charge in [-0.15, -0.1) is 0 Å². The van der Waals surface area contributed by atoms with Crippen LogP contribution < -0.4 is 16.2 Å². The van der Waals surface area contributed by atoms with Gasteiger partial charge in [-0.25, -0.2) is 13.5 Å². The fourth-order valence-electron chi connectivity index (χ4n) is 4.36. The molecule has 0 saturated carbocycles. The summed E-state index contributed by atoms with van der Waals surface area (Å²) < 4.78 is 34.2. The van der Waals surface area contributed by atoms with Gasteiger partial charge in [0.15, 0.2) is 11.6 Å². The molecule has 0 bridgehead atoms. The first-order valence-electron chi connectivity index (χ1n) is 12.2. The van der Waals surface area contributed by atoms with Gasteiger partial charge in [0, 0.05) is 37.3 Å². The van der Waals surface area contributed by atoms with E-state index in [1.54, 1.807) is 39.9 Å². The number of amides is 2. The first-order chi connectivity index (χ1) is 18.1. The van der Waals surface area contributed by atoms with Crippen molar-refractivity contribution >= 4 is 17.6 Å². The molecule has 11 heteroatoms. The van der Waals surface area contributed by atoms with Crippen molar-refractivity contribution in [1.29, 1.82) is 0 Å². The van der Waals surface area contributed by atoms with E-state index in [0.29, 0.717) is 36.6 Å². The van der Waals surface area contributed by atoms with Crippen molar-refractivity contribution in [3.8, 4) is 22.8 Å². The highest BCUT2D eigenvalue weighted by atomic mass is 19.1. The Morgan fingerprint density at radius 1 is 1.18 bits per heavy atom. The van der Waals surface area contributed by atoms with Crippen molar-refractivity contribution in [3.05, 3.63) is 71.8 Å². The maximum absolute atomic E-state index is 13.9. The summed E-state index contributed by atoms with van der Waals surface area (Å²) in [6.07, 6.45) is 4.86. The number of hydrogen-bond donors (Lipinski definition) is 2. The molecule has 0 spiro atoms. The number of benzene rings is 2. The summed E-state index contributed by atoms with van der Waals surface area (Å²) in [5, 5.41) is 4.63. The summed E-state index contributed by atoms with van der Waals surface area (Å²) in [5.41, 5.74) is 12.9. The van der Waals surface area contributed by atoms with Gasteiger partial charge < -0.3 is 26.0 Å². The molecule has 9 nitrogen and oxygen atoms in total. The van der Waals surface area contributed by atoms with Crippen LogP contribution in [0.1, 0.15) is 29.2 Å². The SMILES string of the molecule is CN(C)CC=CC(=O)N1CCC[C@@H](n2nc(-c3ccc(Oc4ccc(F)cc4F)cc3)c(C(N)=O)c2N)C1. The minimum absolute atomic E-state index is 0.0811. The van der Waals surface area contributed by atoms with Gasteiger partial charge in [-0.3, -0.25) is 9.59 Å². The van der Waals surface area contributed by atoms with Crippen LogP contribution in [0.5, 0.6) is 11.5 Å². The summed E-state index contributed by atoms with van der Waals surface area (Å²) in [7, 11) is 3.85. The lowest BCUT2D eigenvalue weighted by Gasteiger charge is -2.32. The molecule has 2 heterocycles. The molecule has 4 N–H and O–H groups in total. The molecule has 0 unspecified atom stereocenters. The molecule has 0 aliphatic carbocycles. The standard InChI is InChI=1S/C27H30F2N6O3/c1-33(2)13-4-6-23(36)34-14-3-5-19(16-34)35-26(30)24(27(31)37)25(32-35)17-7-10-20(11-8-17)38-22-12-9-18(28)15-21(22)29/h4,6-12,15,19H,3,5,13-14,16,30H2,1-2H3,(H2,31,37)/t19-/m1/s1. The molecule has 1 aliphatic rings. The predicted octanol–water partition coefficient (Wildman–Crippen LogP) is 3.58. The number of primary amides is 1. The summed E-state index contributed by atoms with van der Waals surface area (Å²) in [6.45, 7) is 1.67. The number of hydrogen-bond acceptors (Lipinski definition) is 6. The number of likely N-dealkylation sites (tertiary alicyclic amines) is 1. The highest BCUT2D eigenvalue weighted by Crippen LogP contribution is 2.33. The van der Waals surface area contributed by atoms with Gasteiger partial charge in [-0.05, 0) is 63.3 Å². The van der Waals surface area contributed by atoms with E-state index in [4.69, 9.17) is 16.2 Å². The molecule has 3 aromatic rings. The zero-order valence-electron chi connectivity index (χ0n) is 21.2. The van der Waals surface area contributed by atoms with Crippen LogP contribution in [-0.2, 0) is 4.79 Å².